The molecule has 1 fully saturated rings. The number of aryl methyl sites for hydroxylation is 1. The molecule has 3 N–H and O–H groups in total. The molecule has 0 saturated heterocycles. The Kier molecular flexibility index (Phi) is 7.59. The summed E-state index contributed by atoms with van der Waals surface area (Å²) in [4.78, 5) is 10.3. The Labute approximate surface area is 148 Å². The van der Waals surface area contributed by atoms with E-state index in [9.17, 15) is 18.5 Å². The van der Waals surface area contributed by atoms with E-state index in [4.69, 9.17) is 5.73 Å². The molecule has 1 unspecified atom stereocenters. The molecule has 2 rings (SSSR count). The van der Waals surface area contributed by atoms with E-state index in [-0.39, 0.29) is 41.5 Å². The minimum absolute atomic E-state index is 0. The number of halogens is 1. The van der Waals surface area contributed by atoms with Gasteiger partial charge in [0.25, 0.3) is 5.69 Å². The van der Waals surface area contributed by atoms with E-state index in [1.54, 1.807) is 6.92 Å². The molecule has 1 aliphatic carbocycles. The first-order valence-electron chi connectivity index (χ1n) is 7.82. The van der Waals surface area contributed by atoms with Gasteiger partial charge in [0.1, 0.15) is 0 Å². The number of sulfonamides is 1. The van der Waals surface area contributed by atoms with E-state index in [1.807, 2.05) is 0 Å². The summed E-state index contributed by atoms with van der Waals surface area (Å²) >= 11 is 0. The molecule has 1 aromatic carbocycles. The second-order valence-electron chi connectivity index (χ2n) is 6.07. The van der Waals surface area contributed by atoms with Crippen LogP contribution in [0.3, 0.4) is 0 Å². The van der Waals surface area contributed by atoms with Crippen LogP contribution in [0.5, 0.6) is 0 Å². The van der Waals surface area contributed by atoms with Gasteiger partial charge in [-0.05, 0) is 31.7 Å². The van der Waals surface area contributed by atoms with Crippen molar-refractivity contribution in [3.05, 3.63) is 33.9 Å². The maximum absolute atomic E-state index is 12.5. The van der Waals surface area contributed by atoms with Gasteiger partial charge < -0.3 is 5.73 Å². The van der Waals surface area contributed by atoms with Crippen molar-refractivity contribution in [1.29, 1.82) is 0 Å². The smallest absolute Gasteiger partial charge is 0.273 e. The largest absolute Gasteiger partial charge is 0.329 e. The molecule has 0 aliphatic heterocycles. The number of nitro groups is 1. The van der Waals surface area contributed by atoms with Crippen molar-refractivity contribution in [3.8, 4) is 0 Å². The van der Waals surface area contributed by atoms with E-state index in [1.165, 1.54) is 18.6 Å². The van der Waals surface area contributed by atoms with Crippen LogP contribution >= 0.6 is 12.4 Å². The van der Waals surface area contributed by atoms with Crippen LogP contribution in [0.2, 0.25) is 0 Å². The maximum Gasteiger partial charge on any atom is 0.273 e. The van der Waals surface area contributed by atoms with Gasteiger partial charge in [-0.25, -0.2) is 13.1 Å². The highest BCUT2D eigenvalue weighted by atomic mass is 35.5. The van der Waals surface area contributed by atoms with Crippen LogP contribution in [-0.2, 0) is 10.0 Å². The molecule has 1 aliphatic rings. The lowest BCUT2D eigenvalue weighted by Gasteiger charge is -2.29. The van der Waals surface area contributed by atoms with Gasteiger partial charge in [0.15, 0.2) is 0 Å². The van der Waals surface area contributed by atoms with Gasteiger partial charge in [0, 0.05) is 24.2 Å². The van der Waals surface area contributed by atoms with Gasteiger partial charge in [-0.1, -0.05) is 25.3 Å². The van der Waals surface area contributed by atoms with E-state index < -0.39 is 14.9 Å². The SMILES string of the molecule is Cc1ccc(S(=O)(=O)NC(CN)C2CCCCC2)cc1[N+](=O)[O-].Cl. The number of nitrogens with two attached hydrogens (primary N) is 1. The number of hydrogen-bond donors (Lipinski definition) is 2. The predicted molar refractivity (Wildman–Crippen MR) is 94.8 cm³/mol. The fraction of sp³-hybridized carbons (Fsp3) is 0.600. The van der Waals surface area contributed by atoms with Crippen molar-refractivity contribution in [2.75, 3.05) is 6.54 Å². The molecular formula is C15H24ClN3O4S. The van der Waals surface area contributed by atoms with E-state index in [0.29, 0.717) is 5.56 Å². The maximum atomic E-state index is 12.5. The van der Waals surface area contributed by atoms with Gasteiger partial charge in [-0.2, -0.15) is 0 Å². The number of nitro benzene ring substituents is 1. The first-order chi connectivity index (χ1) is 10.8. The van der Waals surface area contributed by atoms with E-state index in [2.05, 4.69) is 4.72 Å². The summed E-state index contributed by atoms with van der Waals surface area (Å²) in [7, 11) is -3.83. The Balaban J connectivity index is 0.00000288. The highest BCUT2D eigenvalue weighted by Gasteiger charge is 2.28. The van der Waals surface area contributed by atoms with Crippen LogP contribution in [0.4, 0.5) is 5.69 Å². The van der Waals surface area contributed by atoms with E-state index in [0.717, 1.165) is 31.7 Å². The quantitative estimate of drug-likeness (QED) is 0.583. The first kappa shape index (κ1) is 20.8. The average molecular weight is 378 g/mol. The van der Waals surface area contributed by atoms with Crippen LogP contribution in [0.25, 0.3) is 0 Å². The third-order valence-electron chi connectivity index (χ3n) is 4.47. The molecule has 24 heavy (non-hydrogen) atoms. The van der Waals surface area contributed by atoms with Crippen molar-refractivity contribution in [1.82, 2.24) is 4.72 Å². The van der Waals surface area contributed by atoms with Gasteiger partial charge in [-0.3, -0.25) is 10.1 Å². The number of rotatable bonds is 6. The first-order valence-corrected chi connectivity index (χ1v) is 9.31. The third-order valence-corrected chi connectivity index (χ3v) is 5.95. The molecule has 136 valence electrons. The summed E-state index contributed by atoms with van der Waals surface area (Å²) in [5.41, 5.74) is 5.98. The minimum atomic E-state index is -3.83. The Morgan fingerprint density at radius 3 is 2.50 bits per heavy atom. The van der Waals surface area contributed by atoms with Crippen molar-refractivity contribution in [3.63, 3.8) is 0 Å². The van der Waals surface area contributed by atoms with Crippen LogP contribution in [0.15, 0.2) is 23.1 Å². The molecule has 1 atom stereocenters. The zero-order valence-electron chi connectivity index (χ0n) is 13.6. The number of nitrogens with zero attached hydrogens (tertiary/aromatic N) is 1. The lowest BCUT2D eigenvalue weighted by molar-refractivity contribution is -0.385. The van der Waals surface area contributed by atoms with Crippen LogP contribution in [-0.4, -0.2) is 25.9 Å². The second-order valence-corrected chi connectivity index (χ2v) is 7.78. The second kappa shape index (κ2) is 8.75. The van der Waals surface area contributed by atoms with Crippen molar-refractivity contribution < 1.29 is 13.3 Å². The summed E-state index contributed by atoms with van der Waals surface area (Å²) in [5.74, 6) is 0.226. The molecular weight excluding hydrogens is 354 g/mol. The molecule has 9 heteroatoms. The zero-order valence-corrected chi connectivity index (χ0v) is 15.2. The molecule has 0 amide bonds. The Bertz CT molecular complexity index is 675. The van der Waals surface area contributed by atoms with Crippen LogP contribution in [0.1, 0.15) is 37.7 Å². The number of hydrogen-bond acceptors (Lipinski definition) is 5. The molecule has 1 saturated carbocycles. The predicted octanol–water partition coefficient (Wildman–Crippen LogP) is 2.51. The highest BCUT2D eigenvalue weighted by Crippen LogP contribution is 2.28. The molecule has 0 spiro atoms. The molecule has 1 aromatic rings. The Morgan fingerprint density at radius 2 is 1.96 bits per heavy atom. The molecule has 0 aromatic heterocycles. The average Bonchev–Trinajstić information content (AvgIpc) is 2.53. The normalized spacial score (nSPS) is 17.1. The monoisotopic (exact) mass is 377 g/mol. The van der Waals surface area contributed by atoms with Crippen LogP contribution < -0.4 is 10.5 Å². The van der Waals surface area contributed by atoms with Gasteiger partial charge in [0.05, 0.1) is 9.82 Å². The minimum Gasteiger partial charge on any atom is -0.329 e. The molecule has 0 radical (unpaired) electrons. The van der Waals surface area contributed by atoms with Gasteiger partial charge in [0.2, 0.25) is 10.0 Å². The lowest BCUT2D eigenvalue weighted by atomic mass is 9.84. The fourth-order valence-corrected chi connectivity index (χ4v) is 4.43. The molecule has 0 heterocycles. The third kappa shape index (κ3) is 4.89. The van der Waals surface area contributed by atoms with Crippen molar-refractivity contribution >= 4 is 28.1 Å². The fourth-order valence-electron chi connectivity index (χ4n) is 3.09. The summed E-state index contributed by atoms with van der Waals surface area (Å²) in [5, 5.41) is 11.0. The molecule has 0 bridgehead atoms. The van der Waals surface area contributed by atoms with Crippen LogP contribution in [0, 0.1) is 23.0 Å². The number of benzene rings is 1. The van der Waals surface area contributed by atoms with Gasteiger partial charge >= 0.3 is 0 Å². The van der Waals surface area contributed by atoms with Gasteiger partial charge in [-0.15, -0.1) is 12.4 Å². The zero-order chi connectivity index (χ0) is 17.0. The lowest BCUT2D eigenvalue weighted by Crippen LogP contribution is -2.45. The topological polar surface area (TPSA) is 115 Å². The number of nitrogens with one attached hydrogen (secondary N) is 1. The van der Waals surface area contributed by atoms with Crippen molar-refractivity contribution in [2.45, 2.75) is 50.0 Å². The molecule has 7 nitrogen and oxygen atoms in total. The standard InChI is InChI=1S/C15H23N3O4S.ClH/c1-11-7-8-13(9-15(11)18(19)20)23(21,22)17-14(10-16)12-5-3-2-4-6-12;/h7-9,12,14,17H,2-6,10,16H2,1H3;1H. The highest BCUT2D eigenvalue weighted by molar-refractivity contribution is 7.89. The Morgan fingerprint density at radius 1 is 1.33 bits per heavy atom. The summed E-state index contributed by atoms with van der Waals surface area (Å²) in [6.07, 6.45) is 5.25. The van der Waals surface area contributed by atoms with Crippen molar-refractivity contribution in [2.24, 2.45) is 11.7 Å². The summed E-state index contributed by atoms with van der Waals surface area (Å²) in [6, 6.07) is 3.61. The summed E-state index contributed by atoms with van der Waals surface area (Å²) in [6.45, 7) is 1.80. The summed E-state index contributed by atoms with van der Waals surface area (Å²) < 4.78 is 27.7. The van der Waals surface area contributed by atoms with E-state index >= 15 is 0 Å². The Hall–Kier alpha value is -1.22.